The number of amides is 3. The van der Waals surface area contributed by atoms with Gasteiger partial charge in [-0.3, -0.25) is 14.4 Å². The lowest BCUT2D eigenvalue weighted by molar-refractivity contribution is -0.146. The Morgan fingerprint density at radius 2 is 1.72 bits per heavy atom. The second-order valence-electron chi connectivity index (χ2n) is 13.4. The van der Waals surface area contributed by atoms with Gasteiger partial charge in [0.1, 0.15) is 6.04 Å². The lowest BCUT2D eigenvalue weighted by atomic mass is 9.65. The monoisotopic (exact) mass is 643 g/mol. The summed E-state index contributed by atoms with van der Waals surface area (Å²) in [5.41, 5.74) is 3.76. The van der Waals surface area contributed by atoms with Gasteiger partial charge in [-0.25, -0.2) is 0 Å². The molecule has 0 radical (unpaired) electrons. The van der Waals surface area contributed by atoms with Crippen molar-refractivity contribution in [3.8, 4) is 0 Å². The molecule has 0 aliphatic carbocycles. The second kappa shape index (κ2) is 13.8. The lowest BCUT2D eigenvalue weighted by Gasteiger charge is -2.43. The van der Waals surface area contributed by atoms with E-state index in [-0.39, 0.29) is 48.0 Å². The standard InChI is InChI=1S/C38H49N3O4S/c1-8-19-39(22-28-17-12-11-13-18-28)35(43)31-30-21-27(7)38(46-30)32(31)36(44)41(29(23-42)24(4)10-3)34(38)37(45)40(20-9-2)33-25(5)15-14-16-26(33)6/h8-9,11-18,24,27,29-32,34,42H,1-2,10,19-23H2,3-7H3/t24-,27?,29-,30-,31+,32-,34?,38?/m0/s1. The number of carbonyl (C=O) groups excluding carboxylic acids is 3. The van der Waals surface area contributed by atoms with E-state index in [1.807, 2.05) is 76.2 Å². The SMILES string of the molecule is C=CCN(Cc1ccccc1)C(=O)[C@@H]1[C@@H]2CC(C)C3(S2)C(C(=O)N(CC=C)c2c(C)cccc2C)N([C@@H](CO)[C@@H](C)CC)C(=O)[C@H]13. The molecule has 3 fully saturated rings. The molecule has 3 aliphatic rings. The van der Waals surface area contributed by atoms with Gasteiger partial charge < -0.3 is 19.8 Å². The van der Waals surface area contributed by atoms with Crippen LogP contribution in [0.4, 0.5) is 5.69 Å². The van der Waals surface area contributed by atoms with Gasteiger partial charge in [0.25, 0.3) is 5.91 Å². The third kappa shape index (κ3) is 5.51. The van der Waals surface area contributed by atoms with E-state index in [2.05, 4.69) is 20.1 Å². The number of rotatable bonds is 13. The molecule has 1 N–H and O–H groups in total. The predicted molar refractivity (Wildman–Crippen MR) is 186 cm³/mol. The van der Waals surface area contributed by atoms with Gasteiger partial charge in [0, 0.05) is 30.6 Å². The Hall–Kier alpha value is -3.36. The number of nitrogens with zero attached hydrogens (tertiary/aromatic N) is 3. The molecule has 46 heavy (non-hydrogen) atoms. The number of aryl methyl sites for hydroxylation is 2. The number of benzene rings is 2. The maximum absolute atomic E-state index is 15.2. The van der Waals surface area contributed by atoms with Crippen molar-refractivity contribution in [3.63, 3.8) is 0 Å². The Kier molecular flexibility index (Phi) is 10.2. The van der Waals surface area contributed by atoms with Crippen molar-refractivity contribution in [2.24, 2.45) is 23.7 Å². The summed E-state index contributed by atoms with van der Waals surface area (Å²) in [6, 6.07) is 14.4. The molecular formula is C38H49N3O4S. The Labute approximate surface area is 278 Å². The largest absolute Gasteiger partial charge is 0.394 e. The van der Waals surface area contributed by atoms with Crippen molar-refractivity contribution in [1.29, 1.82) is 0 Å². The van der Waals surface area contributed by atoms with E-state index in [0.29, 0.717) is 13.1 Å². The van der Waals surface area contributed by atoms with Crippen LogP contribution in [0.5, 0.6) is 0 Å². The van der Waals surface area contributed by atoms with E-state index in [9.17, 15) is 14.7 Å². The van der Waals surface area contributed by atoms with Crippen LogP contribution in [0, 0.1) is 37.5 Å². The summed E-state index contributed by atoms with van der Waals surface area (Å²) in [6.07, 6.45) is 4.94. The average Bonchev–Trinajstić information content (AvgIpc) is 3.64. The minimum absolute atomic E-state index is 0.0150. The van der Waals surface area contributed by atoms with E-state index >= 15 is 4.79 Å². The molecule has 8 atom stereocenters. The van der Waals surface area contributed by atoms with E-state index < -0.39 is 28.7 Å². The number of hydrogen-bond acceptors (Lipinski definition) is 5. The Morgan fingerprint density at radius 1 is 1.07 bits per heavy atom. The summed E-state index contributed by atoms with van der Waals surface area (Å²) in [7, 11) is 0. The van der Waals surface area contributed by atoms with Crippen molar-refractivity contribution in [1.82, 2.24) is 9.80 Å². The molecule has 3 unspecified atom stereocenters. The molecule has 8 heteroatoms. The van der Waals surface area contributed by atoms with Crippen LogP contribution in [0.3, 0.4) is 0 Å². The third-order valence-corrected chi connectivity index (χ3v) is 12.8. The van der Waals surface area contributed by atoms with Crippen LogP contribution in [-0.4, -0.2) is 74.4 Å². The van der Waals surface area contributed by atoms with Crippen LogP contribution in [0.2, 0.25) is 0 Å². The van der Waals surface area contributed by atoms with E-state index in [0.717, 1.165) is 35.2 Å². The summed E-state index contributed by atoms with van der Waals surface area (Å²) in [6.45, 7) is 18.9. The van der Waals surface area contributed by atoms with Crippen LogP contribution in [-0.2, 0) is 20.9 Å². The van der Waals surface area contributed by atoms with Crippen molar-refractivity contribution in [2.45, 2.75) is 76.1 Å². The number of thioether (sulfide) groups is 1. The molecule has 2 bridgehead atoms. The fourth-order valence-electron chi connectivity index (χ4n) is 8.40. The highest BCUT2D eigenvalue weighted by Gasteiger charge is 2.77. The van der Waals surface area contributed by atoms with Gasteiger partial charge in [0.05, 0.1) is 29.2 Å². The number of aliphatic hydroxyl groups excluding tert-OH is 1. The molecule has 3 heterocycles. The quantitative estimate of drug-likeness (QED) is 0.280. The maximum atomic E-state index is 15.2. The molecule has 0 saturated carbocycles. The minimum Gasteiger partial charge on any atom is -0.394 e. The number of anilines is 1. The normalized spacial score (nSPS) is 27.7. The first-order valence-electron chi connectivity index (χ1n) is 16.6. The van der Waals surface area contributed by atoms with Crippen molar-refractivity contribution in [2.75, 3.05) is 24.6 Å². The molecule has 0 aromatic heterocycles. The summed E-state index contributed by atoms with van der Waals surface area (Å²) >= 11 is 1.68. The summed E-state index contributed by atoms with van der Waals surface area (Å²) < 4.78 is -0.803. The van der Waals surface area contributed by atoms with E-state index in [4.69, 9.17) is 0 Å². The van der Waals surface area contributed by atoms with Gasteiger partial charge in [0.15, 0.2) is 0 Å². The fraction of sp³-hybridized carbons (Fsp3) is 0.500. The van der Waals surface area contributed by atoms with Gasteiger partial charge in [-0.05, 0) is 48.8 Å². The van der Waals surface area contributed by atoms with Gasteiger partial charge in [0.2, 0.25) is 11.8 Å². The third-order valence-electron chi connectivity index (χ3n) is 10.7. The Morgan fingerprint density at radius 3 is 2.30 bits per heavy atom. The van der Waals surface area contributed by atoms with E-state index in [1.54, 1.807) is 38.6 Å². The summed E-state index contributed by atoms with van der Waals surface area (Å²) in [5.74, 6) is -1.69. The topological polar surface area (TPSA) is 81.2 Å². The molecular weight excluding hydrogens is 595 g/mol. The van der Waals surface area contributed by atoms with Crippen LogP contribution in [0.25, 0.3) is 0 Å². The van der Waals surface area contributed by atoms with Crippen LogP contribution < -0.4 is 4.90 Å². The zero-order valence-corrected chi connectivity index (χ0v) is 28.7. The number of likely N-dealkylation sites (tertiary alicyclic amines) is 1. The summed E-state index contributed by atoms with van der Waals surface area (Å²) in [5, 5.41) is 10.7. The highest BCUT2D eigenvalue weighted by Crippen LogP contribution is 2.69. The molecule has 3 amide bonds. The molecule has 3 saturated heterocycles. The van der Waals surface area contributed by atoms with Crippen LogP contribution in [0.15, 0.2) is 73.8 Å². The number of carbonyl (C=O) groups is 3. The van der Waals surface area contributed by atoms with Crippen LogP contribution >= 0.6 is 11.8 Å². The Balaban J connectivity index is 1.64. The first-order valence-corrected chi connectivity index (χ1v) is 17.5. The molecule has 2 aromatic carbocycles. The zero-order chi connectivity index (χ0) is 33.3. The smallest absolute Gasteiger partial charge is 0.251 e. The molecule has 2 aromatic rings. The molecule has 5 rings (SSSR count). The molecule has 7 nitrogen and oxygen atoms in total. The first kappa shape index (κ1) is 34.0. The van der Waals surface area contributed by atoms with Gasteiger partial charge in [-0.1, -0.05) is 87.9 Å². The fourth-order valence-corrected chi connectivity index (χ4v) is 10.8. The molecule has 3 aliphatic heterocycles. The maximum Gasteiger partial charge on any atom is 0.251 e. The van der Waals surface area contributed by atoms with Crippen molar-refractivity contribution < 1.29 is 19.5 Å². The number of aliphatic hydroxyl groups is 1. The van der Waals surface area contributed by atoms with Crippen molar-refractivity contribution >= 4 is 35.2 Å². The predicted octanol–water partition coefficient (Wildman–Crippen LogP) is 5.78. The lowest BCUT2D eigenvalue weighted by Crippen LogP contribution is -2.60. The Bertz CT molecular complexity index is 1460. The number of fused-ring (bicyclic) bond motifs is 1. The van der Waals surface area contributed by atoms with E-state index in [1.165, 1.54) is 0 Å². The average molecular weight is 644 g/mol. The number of para-hydroxylation sites is 1. The first-order chi connectivity index (χ1) is 22.1. The van der Waals surface area contributed by atoms with Gasteiger partial charge in [-0.2, -0.15) is 0 Å². The van der Waals surface area contributed by atoms with Crippen molar-refractivity contribution in [3.05, 3.63) is 90.5 Å². The van der Waals surface area contributed by atoms with Gasteiger partial charge in [-0.15, -0.1) is 24.9 Å². The van der Waals surface area contributed by atoms with Gasteiger partial charge >= 0.3 is 0 Å². The second-order valence-corrected chi connectivity index (χ2v) is 15.0. The van der Waals surface area contributed by atoms with Crippen LogP contribution in [0.1, 0.15) is 50.3 Å². The minimum atomic E-state index is -0.833. The highest BCUT2D eigenvalue weighted by molar-refractivity contribution is 8.02. The molecule has 246 valence electrons. The molecule has 1 spiro atoms. The highest BCUT2D eigenvalue weighted by atomic mass is 32.2. The zero-order valence-electron chi connectivity index (χ0n) is 27.9. The number of hydrogen-bond donors (Lipinski definition) is 1. The summed E-state index contributed by atoms with van der Waals surface area (Å²) in [4.78, 5) is 50.1.